The molecule has 0 aliphatic rings. The highest BCUT2D eigenvalue weighted by Crippen LogP contribution is 2.31. The highest BCUT2D eigenvalue weighted by molar-refractivity contribution is 7.20. The van der Waals surface area contributed by atoms with Crippen LogP contribution in [0.5, 0.6) is 0 Å². The van der Waals surface area contributed by atoms with Crippen molar-refractivity contribution in [2.24, 2.45) is 0 Å². The first kappa shape index (κ1) is 16.0. The van der Waals surface area contributed by atoms with Crippen LogP contribution in [-0.4, -0.2) is 27.8 Å². The van der Waals surface area contributed by atoms with Crippen molar-refractivity contribution in [2.45, 2.75) is 6.54 Å². The Bertz CT molecular complexity index is 951. The monoisotopic (exact) mass is 367 g/mol. The molecule has 0 spiro atoms. The number of carbonyl (C=O) groups is 1. The van der Waals surface area contributed by atoms with E-state index in [2.05, 4.69) is 9.97 Å². The normalized spacial score (nSPS) is 10.9. The lowest BCUT2D eigenvalue weighted by Gasteiger charge is -2.16. The first-order valence-electron chi connectivity index (χ1n) is 6.64. The van der Waals surface area contributed by atoms with Crippen molar-refractivity contribution in [3.05, 3.63) is 60.7 Å². The molecule has 8 heteroatoms. The summed E-state index contributed by atoms with van der Waals surface area (Å²) < 4.78 is 0.788. The largest absolute Gasteiger partial charge is 0.334 e. The lowest BCUT2D eigenvalue weighted by Crippen LogP contribution is -2.28. The summed E-state index contributed by atoms with van der Waals surface area (Å²) in [6.07, 6.45) is 0. The number of thiophene rings is 1. The van der Waals surface area contributed by atoms with Gasteiger partial charge in [-0.3, -0.25) is 9.59 Å². The van der Waals surface area contributed by atoms with Crippen LogP contribution < -0.4 is 5.56 Å². The standard InChI is InChI=1S/C15H11Cl2N3O2S/c1-20(15(22)9-6-11(16)23-13(9)17)7-12-18-10-5-3-2-4-8(10)14(21)19-12/h2-6H,7H2,1H3,(H,18,19,21). The summed E-state index contributed by atoms with van der Waals surface area (Å²) in [5.74, 6) is 0.121. The third kappa shape index (κ3) is 3.24. The Labute approximate surface area is 145 Å². The second-order valence-electron chi connectivity index (χ2n) is 4.93. The zero-order valence-electron chi connectivity index (χ0n) is 12.0. The van der Waals surface area contributed by atoms with Gasteiger partial charge in [0.25, 0.3) is 11.5 Å². The van der Waals surface area contributed by atoms with Gasteiger partial charge in [0.2, 0.25) is 0 Å². The molecule has 3 rings (SSSR count). The van der Waals surface area contributed by atoms with Gasteiger partial charge < -0.3 is 9.88 Å². The molecule has 2 heterocycles. The number of para-hydroxylation sites is 1. The van der Waals surface area contributed by atoms with Gasteiger partial charge in [0.05, 0.1) is 27.3 Å². The molecule has 2 aromatic heterocycles. The number of hydrogen-bond donors (Lipinski definition) is 1. The molecule has 0 unspecified atom stereocenters. The fraction of sp³-hybridized carbons (Fsp3) is 0.133. The number of hydrogen-bond acceptors (Lipinski definition) is 4. The first-order chi connectivity index (χ1) is 11.0. The van der Waals surface area contributed by atoms with Crippen molar-refractivity contribution in [3.8, 4) is 0 Å². The van der Waals surface area contributed by atoms with E-state index in [9.17, 15) is 9.59 Å². The molecule has 0 bridgehead atoms. The maximum atomic E-state index is 12.4. The van der Waals surface area contributed by atoms with Gasteiger partial charge in [0, 0.05) is 7.05 Å². The molecule has 0 aliphatic heterocycles. The first-order valence-corrected chi connectivity index (χ1v) is 8.21. The molecule has 1 aromatic carbocycles. The number of halogens is 2. The van der Waals surface area contributed by atoms with Crippen LogP contribution in [0.1, 0.15) is 16.2 Å². The van der Waals surface area contributed by atoms with Gasteiger partial charge >= 0.3 is 0 Å². The topological polar surface area (TPSA) is 66.1 Å². The third-order valence-corrected chi connectivity index (χ3v) is 4.77. The Morgan fingerprint density at radius 1 is 1.35 bits per heavy atom. The van der Waals surface area contributed by atoms with Crippen molar-refractivity contribution in [1.29, 1.82) is 0 Å². The lowest BCUT2D eigenvalue weighted by atomic mass is 10.2. The Morgan fingerprint density at radius 2 is 2.09 bits per heavy atom. The van der Waals surface area contributed by atoms with Crippen molar-refractivity contribution in [1.82, 2.24) is 14.9 Å². The van der Waals surface area contributed by atoms with Crippen LogP contribution in [0.2, 0.25) is 8.67 Å². The SMILES string of the molecule is CN(Cc1nc2ccccc2c(=O)[nH]1)C(=O)c1cc(Cl)sc1Cl. The molecule has 23 heavy (non-hydrogen) atoms. The molecule has 118 valence electrons. The molecular formula is C15H11Cl2N3O2S. The lowest BCUT2D eigenvalue weighted by molar-refractivity contribution is 0.0782. The van der Waals surface area contributed by atoms with Crippen molar-refractivity contribution in [2.75, 3.05) is 7.05 Å². The Hall–Kier alpha value is -1.89. The van der Waals surface area contributed by atoms with Crippen LogP contribution in [0, 0.1) is 0 Å². The molecule has 1 N–H and O–H groups in total. The van der Waals surface area contributed by atoms with Crippen LogP contribution in [0.25, 0.3) is 10.9 Å². The Kier molecular flexibility index (Phi) is 4.39. The summed E-state index contributed by atoms with van der Waals surface area (Å²) in [5, 5.41) is 0.512. The second kappa shape index (κ2) is 6.31. The average Bonchev–Trinajstić information content (AvgIpc) is 2.85. The number of aromatic nitrogens is 2. The van der Waals surface area contributed by atoms with Crippen LogP contribution >= 0.6 is 34.5 Å². The average molecular weight is 368 g/mol. The van der Waals surface area contributed by atoms with Crippen LogP contribution in [0.3, 0.4) is 0 Å². The van der Waals surface area contributed by atoms with Gasteiger partial charge in [0.15, 0.2) is 0 Å². The van der Waals surface area contributed by atoms with Crippen molar-refractivity contribution in [3.63, 3.8) is 0 Å². The van der Waals surface area contributed by atoms with Gasteiger partial charge in [-0.1, -0.05) is 35.3 Å². The maximum absolute atomic E-state index is 12.4. The number of nitrogens with one attached hydrogen (secondary N) is 1. The second-order valence-corrected chi connectivity index (χ2v) is 7.21. The van der Waals surface area contributed by atoms with E-state index in [1.807, 2.05) is 0 Å². The molecule has 0 radical (unpaired) electrons. The molecule has 0 atom stereocenters. The van der Waals surface area contributed by atoms with Gasteiger partial charge in [-0.05, 0) is 18.2 Å². The smallest absolute Gasteiger partial charge is 0.258 e. The zero-order valence-corrected chi connectivity index (χ0v) is 14.3. The van der Waals surface area contributed by atoms with E-state index in [4.69, 9.17) is 23.2 Å². The Balaban J connectivity index is 1.88. The molecule has 0 aliphatic carbocycles. The molecule has 5 nitrogen and oxygen atoms in total. The third-order valence-electron chi connectivity index (χ3n) is 3.28. The molecule has 0 saturated carbocycles. The predicted molar refractivity (Wildman–Crippen MR) is 92.5 cm³/mol. The van der Waals surface area contributed by atoms with Crippen LogP contribution in [0.15, 0.2) is 35.1 Å². The number of fused-ring (bicyclic) bond motifs is 1. The number of carbonyl (C=O) groups excluding carboxylic acids is 1. The molecular weight excluding hydrogens is 357 g/mol. The van der Waals surface area contributed by atoms with E-state index < -0.39 is 0 Å². The number of amides is 1. The van der Waals surface area contributed by atoms with Gasteiger partial charge in [-0.2, -0.15) is 0 Å². The minimum atomic E-state index is -0.283. The number of benzene rings is 1. The number of H-pyrrole nitrogens is 1. The number of rotatable bonds is 3. The summed E-state index contributed by atoms with van der Waals surface area (Å²) in [5.41, 5.74) is 0.694. The van der Waals surface area contributed by atoms with Crippen LogP contribution in [-0.2, 0) is 6.54 Å². The minimum Gasteiger partial charge on any atom is -0.334 e. The highest BCUT2D eigenvalue weighted by Gasteiger charge is 2.19. The number of nitrogens with zero attached hydrogens (tertiary/aromatic N) is 2. The Morgan fingerprint density at radius 3 is 2.78 bits per heavy atom. The fourth-order valence-corrected chi connectivity index (χ4v) is 3.65. The van der Waals surface area contributed by atoms with Gasteiger partial charge in [-0.15, -0.1) is 11.3 Å². The molecule has 0 saturated heterocycles. The quantitative estimate of drug-likeness (QED) is 0.769. The van der Waals surface area contributed by atoms with E-state index in [-0.39, 0.29) is 18.0 Å². The molecule has 3 aromatic rings. The van der Waals surface area contributed by atoms with E-state index in [0.29, 0.717) is 31.0 Å². The predicted octanol–water partition coefficient (Wildman–Crippen LogP) is 3.56. The van der Waals surface area contributed by atoms with E-state index in [1.165, 1.54) is 11.0 Å². The van der Waals surface area contributed by atoms with E-state index in [0.717, 1.165) is 11.3 Å². The summed E-state index contributed by atoms with van der Waals surface area (Å²) in [6.45, 7) is 0.155. The highest BCUT2D eigenvalue weighted by atomic mass is 35.5. The minimum absolute atomic E-state index is 0.155. The molecule has 1 amide bonds. The van der Waals surface area contributed by atoms with E-state index in [1.54, 1.807) is 31.3 Å². The zero-order chi connectivity index (χ0) is 16.6. The van der Waals surface area contributed by atoms with Gasteiger partial charge in [-0.25, -0.2) is 4.98 Å². The van der Waals surface area contributed by atoms with E-state index >= 15 is 0 Å². The summed E-state index contributed by atoms with van der Waals surface area (Å²) in [6, 6.07) is 8.57. The summed E-state index contributed by atoms with van der Waals surface area (Å²) >= 11 is 13.0. The van der Waals surface area contributed by atoms with Crippen molar-refractivity contribution >= 4 is 51.3 Å². The number of aromatic amines is 1. The maximum Gasteiger partial charge on any atom is 0.258 e. The summed E-state index contributed by atoms with van der Waals surface area (Å²) in [7, 11) is 1.61. The summed E-state index contributed by atoms with van der Waals surface area (Å²) in [4.78, 5) is 32.9. The molecule has 0 fully saturated rings. The van der Waals surface area contributed by atoms with Crippen molar-refractivity contribution < 1.29 is 4.79 Å². The van der Waals surface area contributed by atoms with Crippen LogP contribution in [0.4, 0.5) is 0 Å². The fourth-order valence-electron chi connectivity index (χ4n) is 2.20. The van der Waals surface area contributed by atoms with Gasteiger partial charge in [0.1, 0.15) is 10.2 Å².